The highest BCUT2D eigenvalue weighted by Crippen LogP contribution is 2.51. The zero-order valence-electron chi connectivity index (χ0n) is 10.0. The maximum absolute atomic E-state index is 3.52. The predicted molar refractivity (Wildman–Crippen MR) is 63.7 cm³/mol. The summed E-state index contributed by atoms with van der Waals surface area (Å²) in [5.41, 5.74) is 0. The molecule has 1 heteroatoms. The van der Waals surface area contributed by atoms with Crippen molar-refractivity contribution in [2.45, 2.75) is 45.4 Å². The third-order valence-corrected chi connectivity index (χ3v) is 5.45. The van der Waals surface area contributed by atoms with E-state index in [1.54, 1.807) is 32.1 Å². The normalized spacial score (nSPS) is 49.8. The molecule has 1 nitrogen and oxygen atoms in total. The fourth-order valence-corrected chi connectivity index (χ4v) is 4.47. The van der Waals surface area contributed by atoms with Gasteiger partial charge in [-0.2, -0.15) is 0 Å². The molecule has 5 unspecified atom stereocenters. The summed E-state index contributed by atoms with van der Waals surface area (Å²) in [5.74, 6) is 5.36. The van der Waals surface area contributed by atoms with Crippen molar-refractivity contribution in [3.8, 4) is 0 Å². The standard InChI is InChI=1S/C14H25N/c1-10-9-15-5-4-12(10)8-14-7-11-2-3-13(14)6-11/h10-15H,2-9H2,1H3. The molecule has 5 atom stereocenters. The number of piperidine rings is 1. The van der Waals surface area contributed by atoms with Crippen LogP contribution in [0.3, 0.4) is 0 Å². The van der Waals surface area contributed by atoms with Crippen molar-refractivity contribution in [2.75, 3.05) is 13.1 Å². The molecule has 3 aliphatic rings. The van der Waals surface area contributed by atoms with Crippen molar-refractivity contribution < 1.29 is 0 Å². The van der Waals surface area contributed by atoms with Crippen LogP contribution in [-0.2, 0) is 0 Å². The van der Waals surface area contributed by atoms with Gasteiger partial charge in [0.2, 0.25) is 0 Å². The minimum Gasteiger partial charge on any atom is -0.316 e. The summed E-state index contributed by atoms with van der Waals surface area (Å²) in [5, 5.41) is 3.52. The van der Waals surface area contributed by atoms with E-state index in [-0.39, 0.29) is 0 Å². The van der Waals surface area contributed by atoms with Crippen molar-refractivity contribution in [1.29, 1.82) is 0 Å². The molecule has 1 N–H and O–H groups in total. The first kappa shape index (κ1) is 10.1. The summed E-state index contributed by atoms with van der Waals surface area (Å²) in [6.07, 6.45) is 9.29. The lowest BCUT2D eigenvalue weighted by molar-refractivity contribution is 0.190. The third kappa shape index (κ3) is 1.95. The molecule has 0 aromatic rings. The zero-order valence-corrected chi connectivity index (χ0v) is 10.0. The molecule has 2 aliphatic carbocycles. The fourth-order valence-electron chi connectivity index (χ4n) is 4.47. The van der Waals surface area contributed by atoms with Crippen LogP contribution in [0.25, 0.3) is 0 Å². The number of fused-ring (bicyclic) bond motifs is 2. The van der Waals surface area contributed by atoms with E-state index in [2.05, 4.69) is 12.2 Å². The topological polar surface area (TPSA) is 12.0 Å². The zero-order chi connectivity index (χ0) is 10.3. The van der Waals surface area contributed by atoms with E-state index < -0.39 is 0 Å². The van der Waals surface area contributed by atoms with E-state index >= 15 is 0 Å². The molecule has 0 radical (unpaired) electrons. The predicted octanol–water partition coefficient (Wildman–Crippen LogP) is 3.06. The lowest BCUT2D eigenvalue weighted by Crippen LogP contribution is -2.36. The first-order chi connectivity index (χ1) is 7.33. The Kier molecular flexibility index (Phi) is 2.76. The third-order valence-electron chi connectivity index (χ3n) is 5.45. The minimum atomic E-state index is 0.929. The van der Waals surface area contributed by atoms with Gasteiger partial charge >= 0.3 is 0 Å². The Balaban J connectivity index is 1.56. The van der Waals surface area contributed by atoms with Gasteiger partial charge in [0.25, 0.3) is 0 Å². The summed E-state index contributed by atoms with van der Waals surface area (Å²) in [7, 11) is 0. The lowest BCUT2D eigenvalue weighted by Gasteiger charge is -2.33. The molecule has 0 amide bonds. The second-order valence-corrected chi connectivity index (χ2v) is 6.40. The van der Waals surface area contributed by atoms with Crippen molar-refractivity contribution in [3.05, 3.63) is 0 Å². The highest BCUT2D eigenvalue weighted by atomic mass is 14.9. The van der Waals surface area contributed by atoms with Crippen molar-refractivity contribution >= 4 is 0 Å². The smallest absolute Gasteiger partial charge is 0.00205 e. The Morgan fingerprint density at radius 3 is 2.67 bits per heavy atom. The molecule has 1 heterocycles. The molecule has 2 bridgehead atoms. The van der Waals surface area contributed by atoms with Gasteiger partial charge in [-0.1, -0.05) is 13.3 Å². The first-order valence-corrected chi connectivity index (χ1v) is 7.03. The van der Waals surface area contributed by atoms with Crippen LogP contribution in [0.15, 0.2) is 0 Å². The van der Waals surface area contributed by atoms with Gasteiger partial charge in [0.1, 0.15) is 0 Å². The van der Waals surface area contributed by atoms with E-state index in [1.165, 1.54) is 19.5 Å². The molecular formula is C14H25N. The summed E-state index contributed by atoms with van der Waals surface area (Å²) < 4.78 is 0. The number of hydrogen-bond acceptors (Lipinski definition) is 1. The monoisotopic (exact) mass is 207 g/mol. The Hall–Kier alpha value is -0.0400. The Morgan fingerprint density at radius 1 is 1.07 bits per heavy atom. The molecule has 86 valence electrons. The van der Waals surface area contributed by atoms with Crippen LogP contribution in [0.2, 0.25) is 0 Å². The van der Waals surface area contributed by atoms with Crippen molar-refractivity contribution in [3.63, 3.8) is 0 Å². The van der Waals surface area contributed by atoms with Crippen LogP contribution in [-0.4, -0.2) is 13.1 Å². The Morgan fingerprint density at radius 2 is 2.00 bits per heavy atom. The van der Waals surface area contributed by atoms with Crippen molar-refractivity contribution in [1.82, 2.24) is 5.32 Å². The maximum Gasteiger partial charge on any atom is -0.00205 e. The number of nitrogens with one attached hydrogen (secondary N) is 1. The van der Waals surface area contributed by atoms with Gasteiger partial charge in [0.05, 0.1) is 0 Å². The van der Waals surface area contributed by atoms with Crippen LogP contribution in [0, 0.1) is 29.6 Å². The van der Waals surface area contributed by atoms with Crippen LogP contribution in [0.5, 0.6) is 0 Å². The molecule has 3 rings (SSSR count). The van der Waals surface area contributed by atoms with Gasteiger partial charge in [0.15, 0.2) is 0 Å². The first-order valence-electron chi connectivity index (χ1n) is 7.03. The average Bonchev–Trinajstić information content (AvgIpc) is 2.83. The van der Waals surface area contributed by atoms with E-state index in [4.69, 9.17) is 0 Å². The Labute approximate surface area is 94.0 Å². The molecule has 15 heavy (non-hydrogen) atoms. The summed E-state index contributed by atoms with van der Waals surface area (Å²) in [4.78, 5) is 0. The van der Waals surface area contributed by atoms with Gasteiger partial charge in [-0.05, 0) is 74.8 Å². The van der Waals surface area contributed by atoms with Crippen molar-refractivity contribution in [2.24, 2.45) is 29.6 Å². The van der Waals surface area contributed by atoms with Crippen LogP contribution in [0.4, 0.5) is 0 Å². The lowest BCUT2D eigenvalue weighted by atomic mass is 9.76. The quantitative estimate of drug-likeness (QED) is 0.734. The summed E-state index contributed by atoms with van der Waals surface area (Å²) in [6.45, 7) is 4.99. The molecule has 1 aliphatic heterocycles. The highest BCUT2D eigenvalue weighted by Gasteiger charge is 2.40. The average molecular weight is 207 g/mol. The SMILES string of the molecule is CC1CNCCC1CC1CC2CCC1C2. The Bertz CT molecular complexity index is 225. The number of hydrogen-bond donors (Lipinski definition) is 1. The number of rotatable bonds is 2. The van der Waals surface area contributed by atoms with Gasteiger partial charge in [0, 0.05) is 0 Å². The molecule has 3 fully saturated rings. The second-order valence-electron chi connectivity index (χ2n) is 6.40. The second kappa shape index (κ2) is 4.08. The molecule has 0 aromatic carbocycles. The summed E-state index contributed by atoms with van der Waals surface area (Å²) >= 11 is 0. The van der Waals surface area contributed by atoms with Gasteiger partial charge in [-0.15, -0.1) is 0 Å². The van der Waals surface area contributed by atoms with Gasteiger partial charge in [-0.3, -0.25) is 0 Å². The van der Waals surface area contributed by atoms with Gasteiger partial charge in [-0.25, -0.2) is 0 Å². The highest BCUT2D eigenvalue weighted by molar-refractivity contribution is 4.91. The maximum atomic E-state index is 3.52. The van der Waals surface area contributed by atoms with Crippen LogP contribution < -0.4 is 5.32 Å². The van der Waals surface area contributed by atoms with E-state index in [0.717, 1.165) is 29.6 Å². The minimum absolute atomic E-state index is 0.929. The largest absolute Gasteiger partial charge is 0.316 e. The molecule has 0 aromatic heterocycles. The fraction of sp³-hybridized carbons (Fsp3) is 1.00. The van der Waals surface area contributed by atoms with Crippen LogP contribution >= 0.6 is 0 Å². The van der Waals surface area contributed by atoms with Gasteiger partial charge < -0.3 is 5.32 Å². The van der Waals surface area contributed by atoms with Crippen LogP contribution in [0.1, 0.15) is 45.4 Å². The molecular weight excluding hydrogens is 182 g/mol. The van der Waals surface area contributed by atoms with E-state index in [0.29, 0.717) is 0 Å². The molecule has 1 saturated heterocycles. The molecule has 2 saturated carbocycles. The van der Waals surface area contributed by atoms with E-state index in [9.17, 15) is 0 Å². The van der Waals surface area contributed by atoms with E-state index in [1.807, 2.05) is 0 Å². The summed E-state index contributed by atoms with van der Waals surface area (Å²) in [6, 6.07) is 0. The molecule has 0 spiro atoms.